The van der Waals surface area contributed by atoms with Crippen molar-refractivity contribution in [2.75, 3.05) is 20.8 Å². The molecule has 0 aromatic heterocycles. The molecule has 0 saturated heterocycles. The topological polar surface area (TPSA) is 78.4 Å². The van der Waals surface area contributed by atoms with Crippen molar-refractivity contribution in [3.8, 4) is 23.0 Å². The number of benzene rings is 3. The SMILES string of the molecule is CCCOc1ccc(C(=O)N/N=C/c2ccc(OCc3ccc(F)cc3)c(OC)c2)cc1OC. The van der Waals surface area contributed by atoms with Gasteiger partial charge in [-0.1, -0.05) is 19.1 Å². The number of hydrogen-bond donors (Lipinski definition) is 1. The Balaban J connectivity index is 1.61. The Morgan fingerprint density at radius 3 is 2.29 bits per heavy atom. The van der Waals surface area contributed by atoms with Gasteiger partial charge in [-0.15, -0.1) is 0 Å². The summed E-state index contributed by atoms with van der Waals surface area (Å²) < 4.78 is 35.1. The molecule has 0 fully saturated rings. The van der Waals surface area contributed by atoms with Crippen LogP contribution in [0.15, 0.2) is 65.8 Å². The van der Waals surface area contributed by atoms with Gasteiger partial charge in [-0.25, -0.2) is 9.82 Å². The summed E-state index contributed by atoms with van der Waals surface area (Å²) in [5.74, 6) is 1.41. The highest BCUT2D eigenvalue weighted by Crippen LogP contribution is 2.29. The lowest BCUT2D eigenvalue weighted by molar-refractivity contribution is 0.0954. The Morgan fingerprint density at radius 2 is 1.59 bits per heavy atom. The zero-order valence-corrected chi connectivity index (χ0v) is 19.3. The van der Waals surface area contributed by atoms with Crippen molar-refractivity contribution in [2.24, 2.45) is 5.10 Å². The first-order chi connectivity index (χ1) is 16.5. The molecule has 0 radical (unpaired) electrons. The van der Waals surface area contributed by atoms with Crippen LogP contribution in [-0.4, -0.2) is 32.9 Å². The molecule has 178 valence electrons. The minimum Gasteiger partial charge on any atom is -0.493 e. The highest BCUT2D eigenvalue weighted by Gasteiger charge is 2.11. The van der Waals surface area contributed by atoms with Crippen molar-refractivity contribution in [3.05, 3.63) is 83.2 Å². The summed E-state index contributed by atoms with van der Waals surface area (Å²) in [5, 5.41) is 4.02. The third-order valence-electron chi connectivity index (χ3n) is 4.76. The van der Waals surface area contributed by atoms with Crippen molar-refractivity contribution in [3.63, 3.8) is 0 Å². The molecule has 1 N–H and O–H groups in total. The summed E-state index contributed by atoms with van der Waals surface area (Å²) in [6.45, 7) is 2.84. The van der Waals surface area contributed by atoms with Crippen LogP contribution in [0.5, 0.6) is 23.0 Å². The van der Waals surface area contributed by atoms with Crippen molar-refractivity contribution in [1.82, 2.24) is 5.43 Å². The van der Waals surface area contributed by atoms with E-state index in [1.54, 1.807) is 48.5 Å². The van der Waals surface area contributed by atoms with Crippen molar-refractivity contribution in [1.29, 1.82) is 0 Å². The van der Waals surface area contributed by atoms with Gasteiger partial charge in [0.25, 0.3) is 5.91 Å². The fraction of sp³-hybridized carbons (Fsp3) is 0.231. The predicted octanol–water partition coefficient (Wildman–Crippen LogP) is 4.97. The van der Waals surface area contributed by atoms with E-state index in [-0.39, 0.29) is 18.3 Å². The van der Waals surface area contributed by atoms with E-state index >= 15 is 0 Å². The number of methoxy groups -OCH3 is 2. The fourth-order valence-electron chi connectivity index (χ4n) is 3.00. The highest BCUT2D eigenvalue weighted by molar-refractivity contribution is 5.95. The first-order valence-corrected chi connectivity index (χ1v) is 10.7. The lowest BCUT2D eigenvalue weighted by atomic mass is 10.2. The Kier molecular flexibility index (Phi) is 8.85. The Hall–Kier alpha value is -4.07. The van der Waals surface area contributed by atoms with Gasteiger partial charge in [0.15, 0.2) is 23.0 Å². The van der Waals surface area contributed by atoms with Gasteiger partial charge in [0.2, 0.25) is 0 Å². The summed E-state index contributed by atoms with van der Waals surface area (Å²) in [7, 11) is 3.05. The number of nitrogens with zero attached hydrogens (tertiary/aromatic N) is 1. The van der Waals surface area contributed by atoms with Crippen LogP contribution < -0.4 is 24.4 Å². The van der Waals surface area contributed by atoms with E-state index in [9.17, 15) is 9.18 Å². The number of nitrogens with one attached hydrogen (secondary N) is 1. The largest absolute Gasteiger partial charge is 0.493 e. The molecule has 0 aliphatic heterocycles. The summed E-state index contributed by atoms with van der Waals surface area (Å²) in [6.07, 6.45) is 2.37. The summed E-state index contributed by atoms with van der Waals surface area (Å²) in [6, 6.07) is 16.3. The molecular formula is C26H27FN2O5. The maximum atomic E-state index is 13.0. The van der Waals surface area contributed by atoms with Gasteiger partial charge >= 0.3 is 0 Å². The minimum absolute atomic E-state index is 0.270. The third-order valence-corrected chi connectivity index (χ3v) is 4.76. The van der Waals surface area contributed by atoms with Gasteiger partial charge in [0.1, 0.15) is 12.4 Å². The van der Waals surface area contributed by atoms with E-state index in [0.717, 1.165) is 12.0 Å². The molecule has 0 bridgehead atoms. The molecule has 0 saturated carbocycles. The van der Waals surface area contributed by atoms with Gasteiger partial charge in [0, 0.05) is 5.56 Å². The number of rotatable bonds is 11. The van der Waals surface area contributed by atoms with Gasteiger partial charge < -0.3 is 18.9 Å². The first-order valence-electron chi connectivity index (χ1n) is 10.7. The summed E-state index contributed by atoms with van der Waals surface area (Å²) >= 11 is 0. The van der Waals surface area contributed by atoms with Crippen LogP contribution in [0.4, 0.5) is 4.39 Å². The zero-order chi connectivity index (χ0) is 24.3. The van der Waals surface area contributed by atoms with Crippen LogP contribution in [-0.2, 0) is 6.61 Å². The molecule has 3 aromatic rings. The Morgan fingerprint density at radius 1 is 0.912 bits per heavy atom. The first kappa shape index (κ1) is 24.6. The average Bonchev–Trinajstić information content (AvgIpc) is 2.87. The van der Waals surface area contributed by atoms with Crippen LogP contribution >= 0.6 is 0 Å². The Labute approximate surface area is 198 Å². The van der Waals surface area contributed by atoms with Gasteiger partial charge in [-0.05, 0) is 66.1 Å². The lowest BCUT2D eigenvalue weighted by Gasteiger charge is -2.11. The highest BCUT2D eigenvalue weighted by atomic mass is 19.1. The maximum Gasteiger partial charge on any atom is 0.271 e. The quantitative estimate of drug-likeness (QED) is 0.319. The number of hydrazone groups is 1. The number of halogens is 1. The smallest absolute Gasteiger partial charge is 0.271 e. The zero-order valence-electron chi connectivity index (χ0n) is 19.3. The normalized spacial score (nSPS) is 10.7. The van der Waals surface area contributed by atoms with Gasteiger partial charge in [0.05, 0.1) is 27.0 Å². The monoisotopic (exact) mass is 466 g/mol. The van der Waals surface area contributed by atoms with Crippen molar-refractivity contribution in [2.45, 2.75) is 20.0 Å². The molecule has 0 heterocycles. The summed E-state index contributed by atoms with van der Waals surface area (Å²) in [4.78, 5) is 12.5. The molecular weight excluding hydrogens is 439 g/mol. The second-order valence-electron chi connectivity index (χ2n) is 7.24. The summed E-state index contributed by atoms with van der Waals surface area (Å²) in [5.41, 5.74) is 4.42. The van der Waals surface area contributed by atoms with E-state index < -0.39 is 0 Å². The van der Waals surface area contributed by atoms with Crippen LogP contribution in [0.25, 0.3) is 0 Å². The van der Waals surface area contributed by atoms with Crippen LogP contribution in [0.1, 0.15) is 34.8 Å². The van der Waals surface area contributed by atoms with E-state index in [1.165, 1.54) is 32.6 Å². The molecule has 0 aliphatic carbocycles. The average molecular weight is 467 g/mol. The predicted molar refractivity (Wildman–Crippen MR) is 128 cm³/mol. The van der Waals surface area contributed by atoms with E-state index in [1.807, 2.05) is 6.92 Å². The number of amides is 1. The number of carbonyl (C=O) groups is 1. The molecule has 1 amide bonds. The molecule has 0 unspecified atom stereocenters. The number of ether oxygens (including phenoxy) is 4. The molecule has 0 aliphatic rings. The van der Waals surface area contributed by atoms with Crippen LogP contribution in [0.3, 0.4) is 0 Å². The van der Waals surface area contributed by atoms with Crippen molar-refractivity contribution < 1.29 is 28.1 Å². The van der Waals surface area contributed by atoms with E-state index in [4.69, 9.17) is 18.9 Å². The molecule has 7 nitrogen and oxygen atoms in total. The number of carbonyl (C=O) groups excluding carboxylic acids is 1. The second kappa shape index (κ2) is 12.2. The minimum atomic E-state index is -0.386. The van der Waals surface area contributed by atoms with Crippen molar-refractivity contribution >= 4 is 12.1 Å². The molecule has 3 aromatic carbocycles. The molecule has 0 spiro atoms. The molecule has 0 atom stereocenters. The molecule has 34 heavy (non-hydrogen) atoms. The molecule has 8 heteroatoms. The number of hydrogen-bond acceptors (Lipinski definition) is 6. The van der Waals surface area contributed by atoms with Crippen LogP contribution in [0.2, 0.25) is 0 Å². The molecule has 3 rings (SSSR count). The van der Waals surface area contributed by atoms with Crippen LogP contribution in [0, 0.1) is 5.82 Å². The Bertz CT molecular complexity index is 1130. The van der Waals surface area contributed by atoms with Gasteiger partial charge in [-0.3, -0.25) is 4.79 Å². The lowest BCUT2D eigenvalue weighted by Crippen LogP contribution is -2.17. The standard InChI is InChI=1S/C26H27FN2O5/c1-4-13-33-22-12-8-20(15-25(22)32-3)26(30)29-28-16-19-7-11-23(24(14-19)31-2)34-17-18-5-9-21(27)10-6-18/h5-12,14-16H,4,13,17H2,1-3H3,(H,29,30)/b28-16+. The van der Waals surface area contributed by atoms with E-state index in [2.05, 4.69) is 10.5 Å². The third kappa shape index (κ3) is 6.71. The fourth-order valence-corrected chi connectivity index (χ4v) is 3.00. The maximum absolute atomic E-state index is 13.0. The van der Waals surface area contributed by atoms with E-state index in [0.29, 0.717) is 40.7 Å². The second-order valence-corrected chi connectivity index (χ2v) is 7.24. The van der Waals surface area contributed by atoms with Gasteiger partial charge in [-0.2, -0.15) is 5.10 Å².